The molecule has 0 fully saturated rings. The van der Waals surface area contributed by atoms with Crippen LogP contribution < -0.4 is 5.32 Å². The lowest BCUT2D eigenvalue weighted by molar-refractivity contribution is 0.592. The fraction of sp³-hybridized carbons (Fsp3) is 0. The second kappa shape index (κ2) is 6.87. The van der Waals surface area contributed by atoms with E-state index in [1.54, 1.807) is 6.20 Å². The minimum atomic E-state index is 0.425. The highest BCUT2D eigenvalue weighted by atomic mass is 35.5. The van der Waals surface area contributed by atoms with Crippen LogP contribution in [0.3, 0.4) is 0 Å². The third-order valence-electron chi connectivity index (χ3n) is 4.50. The number of halogens is 1. The third kappa shape index (κ3) is 3.12. The van der Waals surface area contributed by atoms with Crippen LogP contribution in [0.2, 0.25) is 5.02 Å². The zero-order chi connectivity index (χ0) is 18.9. The molecular weight excluding hydrogens is 372 g/mol. The normalized spacial score (nSPS) is 11.0. The van der Waals surface area contributed by atoms with Crippen molar-refractivity contribution in [3.8, 4) is 22.6 Å². The van der Waals surface area contributed by atoms with E-state index in [1.807, 2.05) is 72.8 Å². The summed E-state index contributed by atoms with van der Waals surface area (Å²) in [6.45, 7) is 0. The number of anilines is 2. The van der Waals surface area contributed by atoms with E-state index in [2.05, 4.69) is 20.5 Å². The lowest BCUT2D eigenvalue weighted by Gasteiger charge is -2.03. The number of rotatable bonds is 4. The smallest absolute Gasteiger partial charge is 0.299 e. The van der Waals surface area contributed by atoms with Crippen LogP contribution in [-0.4, -0.2) is 15.2 Å². The molecule has 2 aromatic heterocycles. The van der Waals surface area contributed by atoms with E-state index >= 15 is 0 Å². The van der Waals surface area contributed by atoms with E-state index in [-0.39, 0.29) is 0 Å². The monoisotopic (exact) mass is 386 g/mol. The highest BCUT2D eigenvalue weighted by Crippen LogP contribution is 2.30. The van der Waals surface area contributed by atoms with E-state index in [0.29, 0.717) is 16.8 Å². The van der Waals surface area contributed by atoms with Gasteiger partial charge in [-0.15, -0.1) is 0 Å². The Balaban J connectivity index is 1.45. The van der Waals surface area contributed by atoms with Crippen LogP contribution in [0.15, 0.2) is 83.4 Å². The maximum absolute atomic E-state index is 5.94. The van der Waals surface area contributed by atoms with E-state index in [0.717, 1.165) is 33.4 Å². The highest BCUT2D eigenvalue weighted by Gasteiger charge is 2.11. The van der Waals surface area contributed by atoms with Gasteiger partial charge in [0.2, 0.25) is 0 Å². The van der Waals surface area contributed by atoms with Gasteiger partial charge in [0.05, 0.1) is 17.4 Å². The van der Waals surface area contributed by atoms with Crippen molar-refractivity contribution in [3.05, 3.63) is 84.0 Å². The summed E-state index contributed by atoms with van der Waals surface area (Å²) >= 11 is 5.94. The largest absolute Gasteiger partial charge is 0.423 e. The minimum absolute atomic E-state index is 0.425. The first-order chi connectivity index (χ1) is 13.8. The van der Waals surface area contributed by atoms with E-state index in [1.165, 1.54) is 0 Å². The quantitative estimate of drug-likeness (QED) is 0.381. The van der Waals surface area contributed by atoms with Crippen LogP contribution in [0.25, 0.3) is 33.5 Å². The number of H-pyrrole nitrogens is 1. The predicted octanol–water partition coefficient (Wildman–Crippen LogP) is 6.28. The van der Waals surface area contributed by atoms with Gasteiger partial charge >= 0.3 is 0 Å². The molecule has 2 heterocycles. The molecule has 2 N–H and O–H groups in total. The molecule has 0 unspecified atom stereocenters. The zero-order valence-electron chi connectivity index (χ0n) is 14.7. The van der Waals surface area contributed by atoms with Gasteiger partial charge < -0.3 is 9.73 Å². The molecule has 5 aromatic rings. The molecule has 0 aliphatic carbocycles. The fourth-order valence-corrected chi connectivity index (χ4v) is 3.24. The topological polar surface area (TPSA) is 66.7 Å². The highest BCUT2D eigenvalue weighted by molar-refractivity contribution is 6.30. The van der Waals surface area contributed by atoms with Crippen molar-refractivity contribution in [3.63, 3.8) is 0 Å². The SMILES string of the molecule is Clc1ccc(-c2cnc(Nc3ccc4[nH]nc(-c5ccccc5)c4c3)o2)cc1. The summed E-state index contributed by atoms with van der Waals surface area (Å²) < 4.78 is 5.83. The molecule has 28 heavy (non-hydrogen) atoms. The van der Waals surface area contributed by atoms with Crippen molar-refractivity contribution >= 4 is 34.2 Å². The van der Waals surface area contributed by atoms with Crippen molar-refractivity contribution in [1.82, 2.24) is 15.2 Å². The van der Waals surface area contributed by atoms with Crippen molar-refractivity contribution in [2.75, 3.05) is 5.32 Å². The van der Waals surface area contributed by atoms with Gasteiger partial charge in [0.25, 0.3) is 6.01 Å². The number of nitrogens with zero attached hydrogens (tertiary/aromatic N) is 2. The average molecular weight is 387 g/mol. The van der Waals surface area contributed by atoms with Gasteiger partial charge in [0, 0.05) is 27.2 Å². The molecule has 6 heteroatoms. The fourth-order valence-electron chi connectivity index (χ4n) is 3.11. The molecule has 5 rings (SSSR count). The van der Waals surface area contributed by atoms with Gasteiger partial charge in [-0.25, -0.2) is 4.98 Å². The van der Waals surface area contributed by atoms with Crippen molar-refractivity contribution < 1.29 is 4.42 Å². The minimum Gasteiger partial charge on any atom is -0.423 e. The average Bonchev–Trinajstić information content (AvgIpc) is 3.36. The second-order valence-corrected chi connectivity index (χ2v) is 6.80. The Morgan fingerprint density at radius 3 is 2.54 bits per heavy atom. The van der Waals surface area contributed by atoms with E-state index in [9.17, 15) is 0 Å². The molecule has 0 amide bonds. The van der Waals surface area contributed by atoms with Crippen LogP contribution in [0.4, 0.5) is 11.7 Å². The van der Waals surface area contributed by atoms with Gasteiger partial charge in [-0.05, 0) is 42.5 Å². The number of hydrogen-bond acceptors (Lipinski definition) is 4. The van der Waals surface area contributed by atoms with E-state index < -0.39 is 0 Å². The Hall–Kier alpha value is -3.57. The van der Waals surface area contributed by atoms with Crippen LogP contribution in [-0.2, 0) is 0 Å². The molecule has 0 radical (unpaired) electrons. The first-order valence-electron chi connectivity index (χ1n) is 8.79. The van der Waals surface area contributed by atoms with Crippen LogP contribution in [0.1, 0.15) is 0 Å². The zero-order valence-corrected chi connectivity index (χ0v) is 15.4. The molecule has 0 spiro atoms. The first-order valence-corrected chi connectivity index (χ1v) is 9.16. The summed E-state index contributed by atoms with van der Waals surface area (Å²) in [6, 6.07) is 23.9. The van der Waals surface area contributed by atoms with E-state index in [4.69, 9.17) is 16.0 Å². The van der Waals surface area contributed by atoms with Crippen molar-refractivity contribution in [1.29, 1.82) is 0 Å². The first kappa shape index (κ1) is 16.6. The molecule has 136 valence electrons. The van der Waals surface area contributed by atoms with Gasteiger partial charge in [0.15, 0.2) is 5.76 Å². The Bertz CT molecular complexity index is 1240. The number of benzene rings is 3. The van der Waals surface area contributed by atoms with Gasteiger partial charge in [-0.1, -0.05) is 41.9 Å². The van der Waals surface area contributed by atoms with Crippen molar-refractivity contribution in [2.45, 2.75) is 0 Å². The summed E-state index contributed by atoms with van der Waals surface area (Å²) in [7, 11) is 0. The molecule has 0 aliphatic heterocycles. The Morgan fingerprint density at radius 1 is 0.893 bits per heavy atom. The molecule has 3 aromatic carbocycles. The molecule has 0 saturated heterocycles. The molecular formula is C22H15ClN4O. The summed E-state index contributed by atoms with van der Waals surface area (Å²) in [5.74, 6) is 0.675. The van der Waals surface area contributed by atoms with Gasteiger partial charge in [-0.2, -0.15) is 5.10 Å². The molecule has 5 nitrogen and oxygen atoms in total. The number of nitrogens with one attached hydrogen (secondary N) is 2. The molecule has 0 aliphatic rings. The van der Waals surface area contributed by atoms with Crippen molar-refractivity contribution in [2.24, 2.45) is 0 Å². The lowest BCUT2D eigenvalue weighted by atomic mass is 10.1. The number of aromatic amines is 1. The number of fused-ring (bicyclic) bond motifs is 1. The van der Waals surface area contributed by atoms with Gasteiger partial charge in [-0.3, -0.25) is 5.10 Å². The Morgan fingerprint density at radius 2 is 1.71 bits per heavy atom. The Kier molecular flexibility index (Phi) is 4.07. The Labute approximate surface area is 166 Å². The molecule has 0 bridgehead atoms. The maximum atomic E-state index is 5.94. The maximum Gasteiger partial charge on any atom is 0.299 e. The summed E-state index contributed by atoms with van der Waals surface area (Å²) in [5.41, 5.74) is 4.73. The number of aromatic nitrogens is 3. The standard InChI is InChI=1S/C22H15ClN4O/c23-16-8-6-14(7-9-16)20-13-24-22(28-20)25-17-10-11-19-18(12-17)21(27-26-19)15-4-2-1-3-5-15/h1-13H,(H,24,25)(H,26,27). The van der Waals surface area contributed by atoms with Crippen LogP contribution >= 0.6 is 11.6 Å². The lowest BCUT2D eigenvalue weighted by Crippen LogP contribution is -1.89. The third-order valence-corrected chi connectivity index (χ3v) is 4.75. The summed E-state index contributed by atoms with van der Waals surface area (Å²) in [4.78, 5) is 4.32. The second-order valence-electron chi connectivity index (χ2n) is 6.36. The van der Waals surface area contributed by atoms with Gasteiger partial charge in [0.1, 0.15) is 0 Å². The predicted molar refractivity (Wildman–Crippen MR) is 112 cm³/mol. The molecule has 0 saturated carbocycles. The summed E-state index contributed by atoms with van der Waals surface area (Å²) in [5, 5.41) is 12.5. The summed E-state index contributed by atoms with van der Waals surface area (Å²) in [6.07, 6.45) is 1.69. The number of hydrogen-bond donors (Lipinski definition) is 2. The van der Waals surface area contributed by atoms with Crippen LogP contribution in [0, 0.1) is 0 Å². The number of oxazole rings is 1. The molecule has 0 atom stereocenters. The van der Waals surface area contributed by atoms with Crippen LogP contribution in [0.5, 0.6) is 0 Å².